The molecule has 2 heterocycles. The van der Waals surface area contributed by atoms with Gasteiger partial charge in [-0.05, 0) is 103 Å². The highest BCUT2D eigenvalue weighted by atomic mass is 32.1. The van der Waals surface area contributed by atoms with Crippen molar-refractivity contribution in [2.75, 3.05) is 7.11 Å². The monoisotopic (exact) mass is 409 g/mol. The Bertz CT molecular complexity index is 1450. The van der Waals surface area contributed by atoms with Gasteiger partial charge in [0.2, 0.25) is 0 Å². The minimum atomic E-state index is 0.882. The van der Waals surface area contributed by atoms with Crippen LogP contribution < -0.4 is 4.74 Å². The molecule has 0 amide bonds. The van der Waals surface area contributed by atoms with Gasteiger partial charge in [0.25, 0.3) is 0 Å². The summed E-state index contributed by atoms with van der Waals surface area (Å²) < 4.78 is 8.17. The van der Waals surface area contributed by atoms with Gasteiger partial charge < -0.3 is 4.74 Å². The zero-order valence-electron chi connectivity index (χ0n) is 17.3. The molecule has 3 heteroatoms. The number of rotatable bonds is 2. The lowest BCUT2D eigenvalue weighted by Crippen LogP contribution is -2.01. The van der Waals surface area contributed by atoms with Crippen molar-refractivity contribution in [2.24, 2.45) is 0 Å². The number of fused-ring (bicyclic) bond motifs is 5. The van der Waals surface area contributed by atoms with Crippen molar-refractivity contribution in [3.8, 4) is 17.0 Å². The van der Waals surface area contributed by atoms with E-state index in [1.54, 1.807) is 18.2 Å². The Morgan fingerprint density at radius 2 is 1.60 bits per heavy atom. The van der Waals surface area contributed by atoms with Gasteiger partial charge in [0.1, 0.15) is 5.75 Å². The van der Waals surface area contributed by atoms with Crippen LogP contribution in [0.5, 0.6) is 5.75 Å². The van der Waals surface area contributed by atoms with E-state index in [4.69, 9.17) is 9.72 Å². The van der Waals surface area contributed by atoms with Crippen LogP contribution >= 0.6 is 11.3 Å². The quantitative estimate of drug-likeness (QED) is 0.302. The zero-order valence-corrected chi connectivity index (χ0v) is 18.1. The first-order chi connectivity index (χ1) is 14.7. The number of hydrogen-bond acceptors (Lipinski definition) is 3. The second-order valence-electron chi connectivity index (χ2n) is 8.34. The first-order valence-electron chi connectivity index (χ1n) is 10.6. The lowest BCUT2D eigenvalue weighted by atomic mass is 9.90. The van der Waals surface area contributed by atoms with Crippen molar-refractivity contribution in [3.63, 3.8) is 0 Å². The minimum absolute atomic E-state index is 0.882. The molecule has 0 aliphatic heterocycles. The number of benzene rings is 3. The predicted molar refractivity (Wildman–Crippen MR) is 128 cm³/mol. The molecule has 0 bridgehead atoms. The number of nitrogens with zero attached hydrogens (tertiary/aromatic N) is 1. The first kappa shape index (κ1) is 17.9. The van der Waals surface area contributed by atoms with Crippen LogP contribution in [0.4, 0.5) is 0 Å². The average Bonchev–Trinajstić information content (AvgIpc) is 3.11. The highest BCUT2D eigenvalue weighted by Crippen LogP contribution is 2.41. The van der Waals surface area contributed by atoms with Crippen LogP contribution in [0.2, 0.25) is 0 Å². The van der Waals surface area contributed by atoms with E-state index in [1.165, 1.54) is 62.2 Å². The Morgan fingerprint density at radius 3 is 2.40 bits per heavy atom. The SMILES string of the molecule is COc1ccc(-c2nccc3cc4sc5cc6c(cc5c4cc23)CCCC6)c(C)c1. The van der Waals surface area contributed by atoms with Crippen molar-refractivity contribution in [1.29, 1.82) is 0 Å². The van der Waals surface area contributed by atoms with E-state index in [9.17, 15) is 0 Å². The average molecular weight is 410 g/mol. The Morgan fingerprint density at radius 1 is 0.833 bits per heavy atom. The number of aryl methyl sites for hydroxylation is 3. The molecule has 0 spiro atoms. The fourth-order valence-electron chi connectivity index (χ4n) is 4.92. The molecule has 1 aliphatic rings. The maximum Gasteiger partial charge on any atom is 0.119 e. The van der Waals surface area contributed by atoms with Crippen LogP contribution in [-0.4, -0.2) is 12.1 Å². The number of ether oxygens (including phenoxy) is 1. The van der Waals surface area contributed by atoms with E-state index in [0.29, 0.717) is 0 Å². The first-order valence-corrected chi connectivity index (χ1v) is 11.4. The topological polar surface area (TPSA) is 22.1 Å². The van der Waals surface area contributed by atoms with Crippen LogP contribution in [0.1, 0.15) is 29.5 Å². The van der Waals surface area contributed by atoms with Crippen LogP contribution in [-0.2, 0) is 12.8 Å². The molecule has 3 aromatic carbocycles. The number of thiophene rings is 1. The molecular weight excluding hydrogens is 386 g/mol. The Balaban J connectivity index is 1.63. The molecule has 0 unspecified atom stereocenters. The van der Waals surface area contributed by atoms with Gasteiger partial charge in [0.05, 0.1) is 12.8 Å². The van der Waals surface area contributed by atoms with Gasteiger partial charge in [-0.15, -0.1) is 11.3 Å². The maximum atomic E-state index is 5.40. The Hall–Kier alpha value is -2.91. The van der Waals surface area contributed by atoms with Gasteiger partial charge in [-0.25, -0.2) is 0 Å². The fourth-order valence-corrected chi connectivity index (χ4v) is 6.10. The molecule has 30 heavy (non-hydrogen) atoms. The zero-order chi connectivity index (χ0) is 20.2. The third kappa shape index (κ3) is 2.73. The summed E-state index contributed by atoms with van der Waals surface area (Å²) in [5.41, 5.74) is 6.50. The van der Waals surface area contributed by atoms with E-state index >= 15 is 0 Å². The maximum absolute atomic E-state index is 5.40. The molecule has 0 N–H and O–H groups in total. The molecule has 2 nitrogen and oxygen atoms in total. The summed E-state index contributed by atoms with van der Waals surface area (Å²) in [6.07, 6.45) is 7.01. The van der Waals surface area contributed by atoms with Crippen molar-refractivity contribution in [3.05, 3.63) is 71.4 Å². The molecule has 148 valence electrons. The molecule has 0 saturated carbocycles. The van der Waals surface area contributed by atoms with E-state index in [1.807, 2.05) is 23.6 Å². The van der Waals surface area contributed by atoms with E-state index in [0.717, 1.165) is 17.0 Å². The minimum Gasteiger partial charge on any atom is -0.497 e. The Kier molecular flexibility index (Phi) is 4.07. The molecule has 2 aromatic heterocycles. The van der Waals surface area contributed by atoms with Gasteiger partial charge in [-0.3, -0.25) is 4.98 Å². The lowest BCUT2D eigenvalue weighted by molar-refractivity contribution is 0.414. The summed E-state index contributed by atoms with van der Waals surface area (Å²) in [6, 6.07) is 18.0. The van der Waals surface area contributed by atoms with Gasteiger partial charge in [-0.1, -0.05) is 0 Å². The fraction of sp³-hybridized carbons (Fsp3) is 0.222. The summed E-state index contributed by atoms with van der Waals surface area (Å²) in [7, 11) is 1.71. The van der Waals surface area contributed by atoms with Gasteiger partial charge in [0, 0.05) is 37.3 Å². The highest BCUT2D eigenvalue weighted by Gasteiger charge is 2.16. The standard InChI is InChI=1S/C27H23NOS/c1-16-11-20(29-2)7-8-21(16)27-22-15-24-23-12-17-5-3-4-6-18(17)13-25(23)30-26(24)14-19(22)9-10-28-27/h7-15H,3-6H2,1-2H3. The number of aromatic nitrogens is 1. The van der Waals surface area contributed by atoms with Crippen molar-refractivity contribution < 1.29 is 4.74 Å². The largest absolute Gasteiger partial charge is 0.497 e. The summed E-state index contributed by atoms with van der Waals surface area (Å²) in [5, 5.41) is 5.23. The normalized spacial score (nSPS) is 13.8. The second kappa shape index (κ2) is 6.82. The summed E-state index contributed by atoms with van der Waals surface area (Å²) in [6.45, 7) is 2.13. The van der Waals surface area contributed by atoms with Crippen LogP contribution in [0.25, 0.3) is 42.2 Å². The van der Waals surface area contributed by atoms with Crippen molar-refractivity contribution in [1.82, 2.24) is 4.98 Å². The second-order valence-corrected chi connectivity index (χ2v) is 9.42. The van der Waals surface area contributed by atoms with Crippen LogP contribution in [0, 0.1) is 6.92 Å². The number of hydrogen-bond donors (Lipinski definition) is 0. The predicted octanol–water partition coefficient (Wildman–Crippen LogP) is 7.47. The van der Waals surface area contributed by atoms with Crippen LogP contribution in [0.3, 0.4) is 0 Å². The molecule has 0 saturated heterocycles. The summed E-state index contributed by atoms with van der Waals surface area (Å²) >= 11 is 1.92. The number of pyridine rings is 1. The molecule has 0 atom stereocenters. The van der Waals surface area contributed by atoms with Crippen molar-refractivity contribution in [2.45, 2.75) is 32.6 Å². The molecule has 1 aliphatic carbocycles. The third-order valence-electron chi connectivity index (χ3n) is 6.51. The third-order valence-corrected chi connectivity index (χ3v) is 7.62. The molecule has 6 rings (SSSR count). The van der Waals surface area contributed by atoms with Gasteiger partial charge in [0.15, 0.2) is 0 Å². The van der Waals surface area contributed by atoms with E-state index in [2.05, 4.69) is 49.4 Å². The van der Waals surface area contributed by atoms with E-state index < -0.39 is 0 Å². The number of methoxy groups -OCH3 is 1. The van der Waals surface area contributed by atoms with Gasteiger partial charge >= 0.3 is 0 Å². The smallest absolute Gasteiger partial charge is 0.119 e. The van der Waals surface area contributed by atoms with Crippen LogP contribution in [0.15, 0.2) is 54.7 Å². The molecule has 0 radical (unpaired) electrons. The van der Waals surface area contributed by atoms with Crippen molar-refractivity contribution >= 4 is 42.3 Å². The highest BCUT2D eigenvalue weighted by molar-refractivity contribution is 7.25. The summed E-state index contributed by atoms with van der Waals surface area (Å²) in [5.74, 6) is 0.882. The molecular formula is C27H23NOS. The van der Waals surface area contributed by atoms with E-state index in [-0.39, 0.29) is 0 Å². The van der Waals surface area contributed by atoms with Gasteiger partial charge in [-0.2, -0.15) is 0 Å². The summed E-state index contributed by atoms with van der Waals surface area (Å²) in [4.78, 5) is 4.80. The Labute approximate surface area is 180 Å². The molecule has 0 fully saturated rings. The lowest BCUT2D eigenvalue weighted by Gasteiger charge is -2.15. The molecule has 5 aromatic rings.